The molecule has 2 nitrogen and oxygen atoms in total. The molecule has 0 amide bonds. The summed E-state index contributed by atoms with van der Waals surface area (Å²) in [4.78, 5) is 0. The standard InChI is InChI=1S/C15H25NO.ClH/c17-15(14-3-1-2-4-16-14)12-6-10-5-11(8-12)9-13(15)7-10;/h10-14,16-17H,1-9H2;1H. The van der Waals surface area contributed by atoms with E-state index in [1.54, 1.807) is 0 Å². The van der Waals surface area contributed by atoms with E-state index in [-0.39, 0.29) is 18.0 Å². The number of halogens is 1. The van der Waals surface area contributed by atoms with E-state index in [0.717, 1.165) is 18.4 Å². The summed E-state index contributed by atoms with van der Waals surface area (Å²) in [5.74, 6) is 3.16. The van der Waals surface area contributed by atoms with Crippen molar-refractivity contribution in [1.82, 2.24) is 5.32 Å². The van der Waals surface area contributed by atoms with E-state index in [2.05, 4.69) is 5.32 Å². The molecule has 1 heterocycles. The lowest BCUT2D eigenvalue weighted by Gasteiger charge is -2.61. The molecule has 0 radical (unpaired) electrons. The number of rotatable bonds is 1. The van der Waals surface area contributed by atoms with Gasteiger partial charge < -0.3 is 10.4 Å². The summed E-state index contributed by atoms with van der Waals surface area (Å²) in [5, 5.41) is 15.0. The molecule has 2 N–H and O–H groups in total. The summed E-state index contributed by atoms with van der Waals surface area (Å²) in [6.45, 7) is 1.12. The predicted octanol–water partition coefficient (Wildman–Crippen LogP) is 2.74. The zero-order valence-corrected chi connectivity index (χ0v) is 11.9. The van der Waals surface area contributed by atoms with E-state index in [4.69, 9.17) is 0 Å². The first-order chi connectivity index (χ1) is 8.27. The van der Waals surface area contributed by atoms with Gasteiger partial charge in [-0.2, -0.15) is 0 Å². The third kappa shape index (κ3) is 1.76. The maximum atomic E-state index is 11.4. The van der Waals surface area contributed by atoms with Crippen LogP contribution in [-0.4, -0.2) is 23.3 Å². The summed E-state index contributed by atoms with van der Waals surface area (Å²) >= 11 is 0. The second-order valence-corrected chi connectivity index (χ2v) is 7.19. The van der Waals surface area contributed by atoms with Crippen LogP contribution in [0.25, 0.3) is 0 Å². The monoisotopic (exact) mass is 271 g/mol. The molecule has 0 aromatic carbocycles. The first kappa shape index (κ1) is 13.2. The molecule has 4 saturated carbocycles. The van der Waals surface area contributed by atoms with E-state index in [1.165, 1.54) is 51.4 Å². The van der Waals surface area contributed by atoms with E-state index in [1.807, 2.05) is 0 Å². The molecule has 4 aliphatic carbocycles. The van der Waals surface area contributed by atoms with Crippen LogP contribution in [0.3, 0.4) is 0 Å². The largest absolute Gasteiger partial charge is 0.388 e. The number of hydrogen-bond acceptors (Lipinski definition) is 2. The molecule has 1 aliphatic heterocycles. The van der Waals surface area contributed by atoms with Crippen LogP contribution in [0.1, 0.15) is 51.4 Å². The average Bonchev–Trinajstić information content (AvgIpc) is 2.36. The Kier molecular flexibility index (Phi) is 3.41. The lowest BCUT2D eigenvalue weighted by atomic mass is 9.48. The highest BCUT2D eigenvalue weighted by molar-refractivity contribution is 5.85. The maximum Gasteiger partial charge on any atom is 0.0856 e. The minimum Gasteiger partial charge on any atom is -0.388 e. The Morgan fingerprint density at radius 3 is 2.00 bits per heavy atom. The smallest absolute Gasteiger partial charge is 0.0856 e. The molecule has 4 bridgehead atoms. The number of piperidine rings is 1. The van der Waals surface area contributed by atoms with Gasteiger partial charge in [-0.25, -0.2) is 0 Å². The third-order valence-corrected chi connectivity index (χ3v) is 6.31. The number of nitrogens with one attached hydrogen (secondary N) is 1. The Bertz CT molecular complexity index is 280. The molecule has 0 spiro atoms. The highest BCUT2D eigenvalue weighted by Gasteiger charge is 2.59. The van der Waals surface area contributed by atoms with Gasteiger partial charge in [0.15, 0.2) is 0 Å². The van der Waals surface area contributed by atoms with Crippen molar-refractivity contribution in [2.75, 3.05) is 6.54 Å². The van der Waals surface area contributed by atoms with Crippen LogP contribution < -0.4 is 5.32 Å². The van der Waals surface area contributed by atoms with Crippen LogP contribution >= 0.6 is 12.4 Å². The minimum atomic E-state index is -0.339. The highest BCUT2D eigenvalue weighted by Crippen LogP contribution is 2.59. The van der Waals surface area contributed by atoms with Gasteiger partial charge in [0.05, 0.1) is 5.60 Å². The van der Waals surface area contributed by atoms with Gasteiger partial charge >= 0.3 is 0 Å². The van der Waals surface area contributed by atoms with Crippen molar-refractivity contribution in [3.05, 3.63) is 0 Å². The molecule has 5 fully saturated rings. The van der Waals surface area contributed by atoms with Crippen LogP contribution in [-0.2, 0) is 0 Å². The van der Waals surface area contributed by atoms with Crippen LogP contribution in [0, 0.1) is 23.7 Å². The summed E-state index contributed by atoms with van der Waals surface area (Å²) in [7, 11) is 0. The molecular weight excluding hydrogens is 246 g/mol. The molecule has 104 valence electrons. The Labute approximate surface area is 116 Å². The molecule has 0 aromatic heterocycles. The first-order valence-electron chi connectivity index (χ1n) is 7.72. The lowest BCUT2D eigenvalue weighted by Crippen LogP contribution is -2.67. The fourth-order valence-corrected chi connectivity index (χ4v) is 5.75. The molecule has 1 unspecified atom stereocenters. The molecule has 0 aromatic rings. The van der Waals surface area contributed by atoms with Gasteiger partial charge in [-0.1, -0.05) is 6.42 Å². The van der Waals surface area contributed by atoms with Crippen LogP contribution in [0.5, 0.6) is 0 Å². The van der Waals surface area contributed by atoms with E-state index >= 15 is 0 Å². The molecule has 3 heteroatoms. The van der Waals surface area contributed by atoms with Gasteiger partial charge in [0.1, 0.15) is 0 Å². The first-order valence-corrected chi connectivity index (χ1v) is 7.72. The van der Waals surface area contributed by atoms with Gasteiger partial charge in [0, 0.05) is 6.04 Å². The Balaban J connectivity index is 0.000001000. The second-order valence-electron chi connectivity index (χ2n) is 7.19. The van der Waals surface area contributed by atoms with Crippen molar-refractivity contribution in [1.29, 1.82) is 0 Å². The molecular formula is C15H26ClNO. The molecule has 1 atom stereocenters. The molecule has 18 heavy (non-hydrogen) atoms. The maximum absolute atomic E-state index is 11.4. The van der Waals surface area contributed by atoms with Crippen LogP contribution in [0.4, 0.5) is 0 Å². The minimum absolute atomic E-state index is 0. The van der Waals surface area contributed by atoms with E-state index < -0.39 is 0 Å². The Morgan fingerprint density at radius 1 is 0.889 bits per heavy atom. The van der Waals surface area contributed by atoms with Crippen molar-refractivity contribution in [3.63, 3.8) is 0 Å². The van der Waals surface area contributed by atoms with Crippen LogP contribution in [0.15, 0.2) is 0 Å². The quantitative estimate of drug-likeness (QED) is 0.769. The fraction of sp³-hybridized carbons (Fsp3) is 1.00. The van der Waals surface area contributed by atoms with Crippen molar-refractivity contribution >= 4 is 12.4 Å². The Morgan fingerprint density at radius 2 is 1.50 bits per heavy atom. The zero-order valence-electron chi connectivity index (χ0n) is 11.1. The SMILES string of the molecule is Cl.OC1(C2CCCCN2)C2CC3CC(C2)CC1C3. The van der Waals surface area contributed by atoms with Crippen molar-refractivity contribution in [3.8, 4) is 0 Å². The summed E-state index contributed by atoms with van der Waals surface area (Å²) in [5.41, 5.74) is -0.339. The average molecular weight is 272 g/mol. The van der Waals surface area contributed by atoms with Crippen molar-refractivity contribution in [2.24, 2.45) is 23.7 Å². The van der Waals surface area contributed by atoms with Gasteiger partial charge in [0.25, 0.3) is 0 Å². The van der Waals surface area contributed by atoms with Gasteiger partial charge in [-0.3, -0.25) is 0 Å². The van der Waals surface area contributed by atoms with Crippen molar-refractivity contribution in [2.45, 2.75) is 63.0 Å². The second kappa shape index (κ2) is 4.64. The van der Waals surface area contributed by atoms with Crippen molar-refractivity contribution < 1.29 is 5.11 Å². The third-order valence-electron chi connectivity index (χ3n) is 6.31. The van der Waals surface area contributed by atoms with Gasteiger partial charge in [-0.15, -0.1) is 12.4 Å². The van der Waals surface area contributed by atoms with Gasteiger partial charge in [0.2, 0.25) is 0 Å². The van der Waals surface area contributed by atoms with Crippen LogP contribution in [0.2, 0.25) is 0 Å². The topological polar surface area (TPSA) is 32.3 Å². The zero-order chi connectivity index (χ0) is 11.5. The summed E-state index contributed by atoms with van der Waals surface area (Å²) in [6, 6.07) is 0.409. The number of hydrogen-bond donors (Lipinski definition) is 2. The predicted molar refractivity (Wildman–Crippen MR) is 74.9 cm³/mol. The lowest BCUT2D eigenvalue weighted by molar-refractivity contribution is -0.192. The van der Waals surface area contributed by atoms with E-state index in [0.29, 0.717) is 17.9 Å². The van der Waals surface area contributed by atoms with E-state index in [9.17, 15) is 5.11 Å². The highest BCUT2D eigenvalue weighted by atomic mass is 35.5. The Hall–Kier alpha value is 0.210. The molecule has 1 saturated heterocycles. The molecule has 5 aliphatic rings. The summed E-state index contributed by atoms with van der Waals surface area (Å²) in [6.07, 6.45) is 10.6. The number of aliphatic hydroxyl groups is 1. The normalized spacial score (nSPS) is 54.2. The fourth-order valence-electron chi connectivity index (χ4n) is 5.75. The summed E-state index contributed by atoms with van der Waals surface area (Å²) < 4.78 is 0. The molecule has 5 rings (SSSR count). The van der Waals surface area contributed by atoms with Gasteiger partial charge in [-0.05, 0) is 75.2 Å².